The molecule has 1 aromatic heterocycles. The third-order valence-corrected chi connectivity index (χ3v) is 4.16. The Morgan fingerprint density at radius 3 is 2.62 bits per heavy atom. The van der Waals surface area contributed by atoms with Gasteiger partial charge >= 0.3 is 0 Å². The van der Waals surface area contributed by atoms with E-state index < -0.39 is 17.5 Å². The van der Waals surface area contributed by atoms with E-state index in [1.54, 1.807) is 6.07 Å². The number of nitrogens with one attached hydrogen (secondary N) is 1. The topological polar surface area (TPSA) is 42.0 Å². The van der Waals surface area contributed by atoms with Crippen molar-refractivity contribution in [3.05, 3.63) is 71.4 Å². The van der Waals surface area contributed by atoms with Gasteiger partial charge in [-0.15, -0.1) is 0 Å². The molecule has 1 N–H and O–H groups in total. The Labute approximate surface area is 137 Å². The van der Waals surface area contributed by atoms with Crippen molar-refractivity contribution in [2.24, 2.45) is 0 Å². The number of carbonyl (C=O) groups is 1. The zero-order chi connectivity index (χ0) is 16.7. The number of anilines is 1. The Balaban J connectivity index is 1.75. The van der Waals surface area contributed by atoms with Crippen LogP contribution in [0.3, 0.4) is 0 Å². The van der Waals surface area contributed by atoms with E-state index in [9.17, 15) is 13.6 Å². The van der Waals surface area contributed by atoms with Crippen LogP contribution in [0.2, 0.25) is 0 Å². The van der Waals surface area contributed by atoms with E-state index in [1.165, 1.54) is 6.07 Å². The summed E-state index contributed by atoms with van der Waals surface area (Å²) in [6.07, 6.45) is 2.14. The fraction of sp³-hybridized carbons (Fsp3) is 0.158. The fourth-order valence-corrected chi connectivity index (χ4v) is 2.75. The van der Waals surface area contributed by atoms with Crippen molar-refractivity contribution in [3.63, 3.8) is 0 Å². The molecule has 1 fully saturated rings. The second-order valence-corrected chi connectivity index (χ2v) is 5.96. The molecule has 0 unspecified atom stereocenters. The van der Waals surface area contributed by atoms with Crippen LogP contribution < -0.4 is 5.32 Å². The Morgan fingerprint density at radius 2 is 1.88 bits per heavy atom. The summed E-state index contributed by atoms with van der Waals surface area (Å²) in [6, 6.07) is 12.2. The van der Waals surface area contributed by atoms with E-state index in [1.807, 2.05) is 24.3 Å². The molecule has 3 aromatic rings. The van der Waals surface area contributed by atoms with E-state index in [4.69, 9.17) is 0 Å². The lowest BCUT2D eigenvalue weighted by molar-refractivity contribution is 0.102. The Hall–Kier alpha value is -2.82. The first-order valence-corrected chi connectivity index (χ1v) is 7.78. The number of nitrogens with zero attached hydrogens (tertiary/aromatic N) is 1. The van der Waals surface area contributed by atoms with E-state index in [2.05, 4.69) is 10.3 Å². The van der Waals surface area contributed by atoms with Crippen molar-refractivity contribution in [2.75, 3.05) is 5.32 Å². The molecular weight excluding hydrogens is 310 g/mol. The molecule has 120 valence electrons. The number of carbonyl (C=O) groups excluding carboxylic acids is 1. The van der Waals surface area contributed by atoms with Crippen LogP contribution in [0.4, 0.5) is 14.5 Å². The van der Waals surface area contributed by atoms with E-state index in [0.29, 0.717) is 16.9 Å². The highest BCUT2D eigenvalue weighted by Crippen LogP contribution is 2.40. The smallest absolute Gasteiger partial charge is 0.256 e. The second kappa shape index (κ2) is 5.67. The largest absolute Gasteiger partial charge is 0.319 e. The van der Waals surface area contributed by atoms with Crippen molar-refractivity contribution >= 4 is 22.5 Å². The first kappa shape index (κ1) is 14.8. The van der Waals surface area contributed by atoms with Crippen LogP contribution >= 0.6 is 0 Å². The summed E-state index contributed by atoms with van der Waals surface area (Å²) in [4.78, 5) is 17.3. The summed E-state index contributed by atoms with van der Waals surface area (Å²) in [5, 5.41) is 3.23. The van der Waals surface area contributed by atoms with Gasteiger partial charge in [-0.2, -0.15) is 0 Å². The predicted molar refractivity (Wildman–Crippen MR) is 88.0 cm³/mol. The SMILES string of the molecule is O=C(Nc1ccc(F)cc1F)c1cc(C2CC2)nc2ccccc12. The lowest BCUT2D eigenvalue weighted by Crippen LogP contribution is -2.14. The highest BCUT2D eigenvalue weighted by atomic mass is 19.1. The van der Waals surface area contributed by atoms with Crippen molar-refractivity contribution in [2.45, 2.75) is 18.8 Å². The molecule has 0 spiro atoms. The summed E-state index contributed by atoms with van der Waals surface area (Å²) in [5.41, 5.74) is 2.03. The number of benzene rings is 2. The maximum atomic E-state index is 13.8. The van der Waals surface area contributed by atoms with Crippen LogP contribution in [-0.4, -0.2) is 10.9 Å². The molecular formula is C19H14F2N2O. The maximum absolute atomic E-state index is 13.8. The number of para-hydroxylation sites is 1. The molecule has 1 saturated carbocycles. The molecule has 1 aliphatic rings. The number of hydrogen-bond donors (Lipinski definition) is 1. The number of hydrogen-bond acceptors (Lipinski definition) is 2. The zero-order valence-corrected chi connectivity index (χ0v) is 12.7. The minimum Gasteiger partial charge on any atom is -0.319 e. The number of fused-ring (bicyclic) bond motifs is 1. The first-order valence-electron chi connectivity index (χ1n) is 7.78. The monoisotopic (exact) mass is 324 g/mol. The molecule has 0 bridgehead atoms. The Bertz CT molecular complexity index is 951. The minimum absolute atomic E-state index is 0.0461. The molecule has 0 atom stereocenters. The summed E-state index contributed by atoms with van der Waals surface area (Å²) < 4.78 is 26.8. The summed E-state index contributed by atoms with van der Waals surface area (Å²) in [6.45, 7) is 0. The van der Waals surface area contributed by atoms with Crippen molar-refractivity contribution in [1.82, 2.24) is 4.98 Å². The van der Waals surface area contributed by atoms with E-state index in [-0.39, 0.29) is 5.69 Å². The average molecular weight is 324 g/mol. The van der Waals surface area contributed by atoms with Crippen LogP contribution in [0, 0.1) is 11.6 Å². The van der Waals surface area contributed by atoms with Gasteiger partial charge in [0.2, 0.25) is 0 Å². The van der Waals surface area contributed by atoms with Crippen LogP contribution in [0.25, 0.3) is 10.9 Å². The van der Waals surface area contributed by atoms with Gasteiger partial charge in [-0.3, -0.25) is 9.78 Å². The molecule has 1 aliphatic carbocycles. The third-order valence-electron chi connectivity index (χ3n) is 4.16. The molecule has 2 aromatic carbocycles. The molecule has 5 heteroatoms. The molecule has 0 radical (unpaired) electrons. The highest BCUT2D eigenvalue weighted by molar-refractivity contribution is 6.12. The second-order valence-electron chi connectivity index (χ2n) is 5.96. The van der Waals surface area contributed by atoms with Gasteiger partial charge in [0.1, 0.15) is 11.6 Å². The van der Waals surface area contributed by atoms with Crippen LogP contribution in [-0.2, 0) is 0 Å². The molecule has 1 amide bonds. The number of rotatable bonds is 3. The molecule has 0 saturated heterocycles. The Kier molecular flexibility index (Phi) is 3.49. The predicted octanol–water partition coefficient (Wildman–Crippen LogP) is 4.64. The molecule has 1 heterocycles. The molecule has 4 rings (SSSR count). The quantitative estimate of drug-likeness (QED) is 0.762. The third kappa shape index (κ3) is 2.73. The highest BCUT2D eigenvalue weighted by Gasteiger charge is 2.27. The molecule has 0 aliphatic heterocycles. The summed E-state index contributed by atoms with van der Waals surface area (Å²) in [5.74, 6) is -1.52. The maximum Gasteiger partial charge on any atom is 0.256 e. The number of aromatic nitrogens is 1. The lowest BCUT2D eigenvalue weighted by Gasteiger charge is -2.11. The first-order chi connectivity index (χ1) is 11.6. The summed E-state index contributed by atoms with van der Waals surface area (Å²) in [7, 11) is 0. The van der Waals surface area contributed by atoms with Crippen molar-refractivity contribution in [3.8, 4) is 0 Å². The standard InChI is InChI=1S/C19H14F2N2O/c20-12-7-8-17(15(21)9-12)23-19(24)14-10-18(11-5-6-11)22-16-4-2-1-3-13(14)16/h1-4,7-11H,5-6H2,(H,23,24). The Morgan fingerprint density at radius 1 is 1.08 bits per heavy atom. The van der Waals surface area contributed by atoms with Crippen LogP contribution in [0.15, 0.2) is 48.5 Å². The molecule has 24 heavy (non-hydrogen) atoms. The van der Waals surface area contributed by atoms with Gasteiger partial charge in [-0.25, -0.2) is 8.78 Å². The van der Waals surface area contributed by atoms with E-state index >= 15 is 0 Å². The minimum atomic E-state index is -0.802. The number of amides is 1. The van der Waals surface area contributed by atoms with Crippen LogP contribution in [0.1, 0.15) is 34.8 Å². The number of pyridine rings is 1. The van der Waals surface area contributed by atoms with Gasteiger partial charge < -0.3 is 5.32 Å². The zero-order valence-electron chi connectivity index (χ0n) is 12.7. The van der Waals surface area contributed by atoms with Crippen LogP contribution in [0.5, 0.6) is 0 Å². The average Bonchev–Trinajstić information content (AvgIpc) is 3.41. The van der Waals surface area contributed by atoms with Gasteiger partial charge in [0.15, 0.2) is 0 Å². The van der Waals surface area contributed by atoms with Gasteiger partial charge in [-0.1, -0.05) is 18.2 Å². The van der Waals surface area contributed by atoms with Gasteiger partial charge in [0, 0.05) is 23.1 Å². The van der Waals surface area contributed by atoms with Gasteiger partial charge in [0.25, 0.3) is 5.91 Å². The van der Waals surface area contributed by atoms with Crippen molar-refractivity contribution in [1.29, 1.82) is 0 Å². The fourth-order valence-electron chi connectivity index (χ4n) is 2.75. The van der Waals surface area contributed by atoms with Gasteiger partial charge in [-0.05, 0) is 37.1 Å². The molecule has 3 nitrogen and oxygen atoms in total. The summed E-state index contributed by atoms with van der Waals surface area (Å²) >= 11 is 0. The number of halogens is 2. The van der Waals surface area contributed by atoms with Crippen molar-refractivity contribution < 1.29 is 13.6 Å². The van der Waals surface area contributed by atoms with E-state index in [0.717, 1.165) is 36.2 Å². The lowest BCUT2D eigenvalue weighted by atomic mass is 10.1. The van der Waals surface area contributed by atoms with Gasteiger partial charge in [0.05, 0.1) is 16.8 Å². The normalized spacial score (nSPS) is 13.9.